The van der Waals surface area contributed by atoms with Crippen molar-refractivity contribution in [2.45, 2.75) is 25.9 Å². The molecule has 1 heterocycles. The molecule has 0 saturated carbocycles. The van der Waals surface area contributed by atoms with Crippen molar-refractivity contribution in [3.8, 4) is 0 Å². The third-order valence-corrected chi connectivity index (χ3v) is 6.16. The number of halogens is 2. The highest BCUT2D eigenvalue weighted by Crippen LogP contribution is 2.34. The first-order valence-corrected chi connectivity index (χ1v) is 10.6. The summed E-state index contributed by atoms with van der Waals surface area (Å²) in [7, 11) is -3.35. The molecule has 1 amide bonds. The van der Waals surface area contributed by atoms with Gasteiger partial charge in [0.2, 0.25) is 10.0 Å². The first-order chi connectivity index (χ1) is 12.2. The van der Waals surface area contributed by atoms with E-state index in [2.05, 4.69) is 5.32 Å². The van der Waals surface area contributed by atoms with E-state index >= 15 is 0 Å². The van der Waals surface area contributed by atoms with E-state index in [0.717, 1.165) is 11.1 Å². The van der Waals surface area contributed by atoms with E-state index in [9.17, 15) is 13.2 Å². The van der Waals surface area contributed by atoms with Gasteiger partial charge in [0, 0.05) is 28.2 Å². The fraction of sp³-hybridized carbons (Fsp3) is 0.278. The average molecular weight is 413 g/mol. The van der Waals surface area contributed by atoms with Crippen LogP contribution in [-0.4, -0.2) is 26.6 Å². The van der Waals surface area contributed by atoms with Crippen molar-refractivity contribution in [2.24, 2.45) is 0 Å². The summed E-state index contributed by atoms with van der Waals surface area (Å²) in [5, 5.41) is 3.85. The maximum Gasteiger partial charge on any atom is 0.251 e. The number of rotatable bonds is 4. The highest BCUT2D eigenvalue weighted by Gasteiger charge is 2.32. The standard InChI is InChI=1S/C18H18Cl2N2O3S/c1-11-7-14-8-12(4-6-17(14)22(11)26(2,24)25)18(23)21-10-13-3-5-15(19)9-16(13)20/h3-6,8-9,11H,7,10H2,1-2H3,(H,21,23). The predicted molar refractivity (Wildman–Crippen MR) is 105 cm³/mol. The van der Waals surface area contributed by atoms with Crippen LogP contribution in [0.5, 0.6) is 0 Å². The maximum absolute atomic E-state index is 12.4. The van der Waals surface area contributed by atoms with Gasteiger partial charge < -0.3 is 5.32 Å². The van der Waals surface area contributed by atoms with E-state index in [-0.39, 0.29) is 18.5 Å². The molecule has 1 aliphatic heterocycles. The molecule has 1 atom stereocenters. The number of hydrogen-bond donors (Lipinski definition) is 1. The molecular formula is C18H18Cl2N2O3S. The molecule has 0 bridgehead atoms. The highest BCUT2D eigenvalue weighted by atomic mass is 35.5. The summed E-state index contributed by atoms with van der Waals surface area (Å²) < 4.78 is 25.3. The molecular weight excluding hydrogens is 395 g/mol. The Morgan fingerprint density at radius 3 is 2.62 bits per heavy atom. The second kappa shape index (κ2) is 7.10. The molecule has 0 spiro atoms. The van der Waals surface area contributed by atoms with Crippen molar-refractivity contribution in [1.82, 2.24) is 5.32 Å². The quantitative estimate of drug-likeness (QED) is 0.833. The minimum atomic E-state index is -3.35. The van der Waals surface area contributed by atoms with Crippen LogP contribution in [0.3, 0.4) is 0 Å². The molecule has 1 N–H and O–H groups in total. The lowest BCUT2D eigenvalue weighted by atomic mass is 10.1. The van der Waals surface area contributed by atoms with Gasteiger partial charge in [-0.1, -0.05) is 29.3 Å². The molecule has 5 nitrogen and oxygen atoms in total. The lowest BCUT2D eigenvalue weighted by molar-refractivity contribution is 0.0951. The lowest BCUT2D eigenvalue weighted by Gasteiger charge is -2.21. The minimum Gasteiger partial charge on any atom is -0.348 e. The SMILES string of the molecule is CC1Cc2cc(C(=O)NCc3ccc(Cl)cc3Cl)ccc2N1S(C)(=O)=O. The van der Waals surface area contributed by atoms with Gasteiger partial charge in [0.15, 0.2) is 0 Å². The first-order valence-electron chi connectivity index (χ1n) is 8.01. The lowest BCUT2D eigenvalue weighted by Crippen LogP contribution is -2.34. The molecule has 2 aromatic carbocycles. The third-order valence-electron chi connectivity index (χ3n) is 4.31. The topological polar surface area (TPSA) is 66.5 Å². The van der Waals surface area contributed by atoms with Crippen molar-refractivity contribution < 1.29 is 13.2 Å². The summed E-state index contributed by atoms with van der Waals surface area (Å²) in [6, 6.07) is 10.0. The number of sulfonamides is 1. The van der Waals surface area contributed by atoms with Crippen LogP contribution < -0.4 is 9.62 Å². The first kappa shape index (κ1) is 19.0. The Bertz CT molecular complexity index is 976. The smallest absolute Gasteiger partial charge is 0.251 e. The number of amides is 1. The van der Waals surface area contributed by atoms with Crippen molar-refractivity contribution in [3.63, 3.8) is 0 Å². The van der Waals surface area contributed by atoms with Gasteiger partial charge in [-0.05, 0) is 54.8 Å². The zero-order valence-corrected chi connectivity index (χ0v) is 16.6. The van der Waals surface area contributed by atoms with Gasteiger partial charge in [-0.25, -0.2) is 8.42 Å². The molecule has 0 radical (unpaired) electrons. The third kappa shape index (κ3) is 3.82. The van der Waals surface area contributed by atoms with E-state index in [4.69, 9.17) is 23.2 Å². The second-order valence-corrected chi connectivity index (χ2v) is 9.08. The van der Waals surface area contributed by atoms with Crippen LogP contribution in [0.25, 0.3) is 0 Å². The second-order valence-electron chi connectivity index (χ2n) is 6.37. The van der Waals surface area contributed by atoms with Crippen molar-refractivity contribution in [1.29, 1.82) is 0 Å². The molecule has 0 aliphatic carbocycles. The summed E-state index contributed by atoms with van der Waals surface area (Å²) in [4.78, 5) is 12.4. The summed E-state index contributed by atoms with van der Waals surface area (Å²) in [5.41, 5.74) is 2.73. The monoisotopic (exact) mass is 412 g/mol. The highest BCUT2D eigenvalue weighted by molar-refractivity contribution is 7.92. The summed E-state index contributed by atoms with van der Waals surface area (Å²) >= 11 is 12.0. The van der Waals surface area contributed by atoms with Crippen LogP contribution in [0.15, 0.2) is 36.4 Å². The molecule has 3 rings (SSSR count). The van der Waals surface area contributed by atoms with Crippen LogP contribution in [0.2, 0.25) is 10.0 Å². The van der Waals surface area contributed by atoms with Crippen LogP contribution >= 0.6 is 23.2 Å². The van der Waals surface area contributed by atoms with Crippen molar-refractivity contribution in [3.05, 3.63) is 63.1 Å². The summed E-state index contributed by atoms with van der Waals surface area (Å²) in [6.07, 6.45) is 1.77. The van der Waals surface area contributed by atoms with Gasteiger partial charge in [-0.2, -0.15) is 0 Å². The van der Waals surface area contributed by atoms with Gasteiger partial charge >= 0.3 is 0 Å². The minimum absolute atomic E-state index is 0.161. The van der Waals surface area contributed by atoms with Crippen LogP contribution in [0.1, 0.15) is 28.4 Å². The number of benzene rings is 2. The van der Waals surface area contributed by atoms with Gasteiger partial charge in [0.05, 0.1) is 11.9 Å². The van der Waals surface area contributed by atoms with E-state index < -0.39 is 10.0 Å². The van der Waals surface area contributed by atoms with Gasteiger partial charge in [0.1, 0.15) is 0 Å². The molecule has 1 unspecified atom stereocenters. The summed E-state index contributed by atoms with van der Waals surface area (Å²) in [6.45, 7) is 2.13. The molecule has 1 aliphatic rings. The Labute approximate surface area is 163 Å². The number of carbonyl (C=O) groups is 1. The molecule has 0 saturated heterocycles. The Morgan fingerprint density at radius 1 is 1.23 bits per heavy atom. The Kier molecular flexibility index (Phi) is 5.19. The maximum atomic E-state index is 12.4. The summed E-state index contributed by atoms with van der Waals surface area (Å²) in [5.74, 6) is -0.246. The van der Waals surface area contributed by atoms with E-state index in [1.54, 1.807) is 36.4 Å². The van der Waals surface area contributed by atoms with Crippen LogP contribution in [0, 0.1) is 0 Å². The molecule has 8 heteroatoms. The van der Waals surface area contributed by atoms with Gasteiger partial charge in [-0.3, -0.25) is 9.10 Å². The van der Waals surface area contributed by atoms with E-state index in [1.807, 2.05) is 6.92 Å². The van der Waals surface area contributed by atoms with E-state index in [0.29, 0.717) is 27.7 Å². The zero-order chi connectivity index (χ0) is 19.1. The number of nitrogens with one attached hydrogen (secondary N) is 1. The molecule has 26 heavy (non-hydrogen) atoms. The van der Waals surface area contributed by atoms with Gasteiger partial charge in [-0.15, -0.1) is 0 Å². The average Bonchev–Trinajstić information content (AvgIpc) is 2.88. The number of fused-ring (bicyclic) bond motifs is 1. The Morgan fingerprint density at radius 2 is 1.96 bits per heavy atom. The molecule has 0 fully saturated rings. The normalized spacial score (nSPS) is 16.5. The van der Waals surface area contributed by atoms with Crippen LogP contribution in [0.4, 0.5) is 5.69 Å². The molecule has 138 valence electrons. The zero-order valence-electron chi connectivity index (χ0n) is 14.3. The van der Waals surface area contributed by atoms with Crippen LogP contribution in [-0.2, 0) is 23.0 Å². The fourth-order valence-corrected chi connectivity index (χ4v) is 4.93. The number of anilines is 1. The number of nitrogens with zero attached hydrogens (tertiary/aromatic N) is 1. The predicted octanol–water partition coefficient (Wildman–Crippen LogP) is 3.63. The number of hydrogen-bond acceptors (Lipinski definition) is 3. The Hall–Kier alpha value is -1.76. The fourth-order valence-electron chi connectivity index (χ4n) is 3.19. The largest absolute Gasteiger partial charge is 0.348 e. The molecule has 2 aromatic rings. The number of carbonyl (C=O) groups excluding carboxylic acids is 1. The Balaban J connectivity index is 1.77. The van der Waals surface area contributed by atoms with Gasteiger partial charge in [0.25, 0.3) is 5.91 Å². The van der Waals surface area contributed by atoms with Crippen molar-refractivity contribution >= 4 is 44.8 Å². The van der Waals surface area contributed by atoms with E-state index in [1.165, 1.54) is 10.6 Å². The van der Waals surface area contributed by atoms with Crippen molar-refractivity contribution in [2.75, 3.05) is 10.6 Å². The molecule has 0 aromatic heterocycles.